The van der Waals surface area contributed by atoms with Crippen LogP contribution in [0.4, 0.5) is 4.79 Å². The van der Waals surface area contributed by atoms with Gasteiger partial charge in [0.1, 0.15) is 5.01 Å². The fourth-order valence-corrected chi connectivity index (χ4v) is 3.34. The molecular formula is C16H19N3O2S. The molecule has 1 aromatic heterocycles. The van der Waals surface area contributed by atoms with Crippen LogP contribution in [0.3, 0.4) is 0 Å². The van der Waals surface area contributed by atoms with Crippen LogP contribution >= 0.6 is 11.3 Å². The van der Waals surface area contributed by atoms with Crippen LogP contribution in [0.5, 0.6) is 0 Å². The summed E-state index contributed by atoms with van der Waals surface area (Å²) in [5.41, 5.74) is 2.09. The van der Waals surface area contributed by atoms with Gasteiger partial charge >= 0.3 is 6.03 Å². The summed E-state index contributed by atoms with van der Waals surface area (Å²) in [5.74, 6) is 0. The molecule has 0 aliphatic carbocycles. The zero-order valence-electron chi connectivity index (χ0n) is 12.5. The first-order valence-electron chi connectivity index (χ1n) is 7.36. The Labute approximate surface area is 133 Å². The van der Waals surface area contributed by atoms with Gasteiger partial charge in [-0.05, 0) is 6.92 Å². The van der Waals surface area contributed by atoms with Gasteiger partial charge in [-0.1, -0.05) is 30.3 Å². The Balaban J connectivity index is 1.63. The summed E-state index contributed by atoms with van der Waals surface area (Å²) >= 11 is 1.63. The number of carbonyl (C=O) groups is 1. The number of ether oxygens (including phenoxy) is 1. The van der Waals surface area contributed by atoms with Gasteiger partial charge in [-0.3, -0.25) is 0 Å². The van der Waals surface area contributed by atoms with E-state index in [9.17, 15) is 4.79 Å². The number of aryl methyl sites for hydroxylation is 1. The fraction of sp³-hybridized carbons (Fsp3) is 0.375. The van der Waals surface area contributed by atoms with Crippen molar-refractivity contribution in [2.45, 2.75) is 13.5 Å². The molecule has 0 spiro atoms. The van der Waals surface area contributed by atoms with Crippen molar-refractivity contribution in [1.29, 1.82) is 0 Å². The summed E-state index contributed by atoms with van der Waals surface area (Å²) in [7, 11) is 0. The molecule has 3 rings (SSSR count). The highest BCUT2D eigenvalue weighted by molar-refractivity contribution is 7.15. The summed E-state index contributed by atoms with van der Waals surface area (Å²) in [4.78, 5) is 19.6. The number of thiazole rings is 1. The molecule has 2 heterocycles. The van der Waals surface area contributed by atoms with Crippen molar-refractivity contribution in [2.75, 3.05) is 26.3 Å². The molecule has 1 aliphatic heterocycles. The maximum atomic E-state index is 12.1. The number of benzene rings is 1. The van der Waals surface area contributed by atoms with Crippen LogP contribution in [-0.4, -0.2) is 42.2 Å². The number of rotatable bonds is 3. The summed E-state index contributed by atoms with van der Waals surface area (Å²) < 4.78 is 5.25. The number of hydrogen-bond donors (Lipinski definition) is 1. The zero-order valence-corrected chi connectivity index (χ0v) is 13.4. The van der Waals surface area contributed by atoms with E-state index in [0.717, 1.165) is 21.1 Å². The van der Waals surface area contributed by atoms with Crippen LogP contribution < -0.4 is 5.32 Å². The molecule has 1 fully saturated rings. The first kappa shape index (κ1) is 15.0. The number of amides is 2. The van der Waals surface area contributed by atoms with E-state index in [1.54, 1.807) is 16.2 Å². The van der Waals surface area contributed by atoms with Gasteiger partial charge < -0.3 is 15.0 Å². The molecule has 0 atom stereocenters. The Morgan fingerprint density at radius 1 is 1.32 bits per heavy atom. The van der Waals surface area contributed by atoms with Crippen molar-refractivity contribution in [3.05, 3.63) is 40.9 Å². The molecule has 116 valence electrons. The second-order valence-electron chi connectivity index (χ2n) is 5.15. The molecular weight excluding hydrogens is 298 g/mol. The van der Waals surface area contributed by atoms with Crippen LogP contribution in [0, 0.1) is 6.92 Å². The number of hydrogen-bond acceptors (Lipinski definition) is 4. The van der Waals surface area contributed by atoms with Crippen molar-refractivity contribution in [1.82, 2.24) is 15.2 Å². The van der Waals surface area contributed by atoms with Crippen molar-refractivity contribution in [3.8, 4) is 10.6 Å². The van der Waals surface area contributed by atoms with E-state index in [1.165, 1.54) is 0 Å². The predicted molar refractivity (Wildman–Crippen MR) is 86.9 cm³/mol. The normalized spacial score (nSPS) is 14.9. The molecule has 1 N–H and O–H groups in total. The number of morpholine rings is 1. The zero-order chi connectivity index (χ0) is 15.4. The molecule has 1 aromatic carbocycles. The quantitative estimate of drug-likeness (QED) is 0.947. The van der Waals surface area contributed by atoms with Gasteiger partial charge in [-0.25, -0.2) is 9.78 Å². The highest BCUT2D eigenvalue weighted by Gasteiger charge is 2.17. The predicted octanol–water partition coefficient (Wildman–Crippen LogP) is 2.66. The second kappa shape index (κ2) is 6.89. The summed E-state index contributed by atoms with van der Waals surface area (Å²) in [5, 5.41) is 3.97. The minimum absolute atomic E-state index is 0.0302. The molecule has 0 bridgehead atoms. The van der Waals surface area contributed by atoms with Gasteiger partial charge in [0.25, 0.3) is 0 Å². The number of aromatic nitrogens is 1. The number of urea groups is 1. The first-order valence-corrected chi connectivity index (χ1v) is 8.18. The van der Waals surface area contributed by atoms with Crippen LogP contribution in [-0.2, 0) is 11.3 Å². The highest BCUT2D eigenvalue weighted by atomic mass is 32.1. The molecule has 0 unspecified atom stereocenters. The number of nitrogens with one attached hydrogen (secondary N) is 1. The molecule has 2 amide bonds. The van der Waals surface area contributed by atoms with E-state index < -0.39 is 0 Å². The van der Waals surface area contributed by atoms with Crippen molar-refractivity contribution in [2.24, 2.45) is 0 Å². The molecule has 1 aliphatic rings. The van der Waals surface area contributed by atoms with Crippen molar-refractivity contribution >= 4 is 17.4 Å². The maximum Gasteiger partial charge on any atom is 0.317 e. The van der Waals surface area contributed by atoms with E-state index >= 15 is 0 Å². The first-order chi connectivity index (χ1) is 10.7. The van der Waals surface area contributed by atoms with E-state index in [0.29, 0.717) is 32.8 Å². The summed E-state index contributed by atoms with van der Waals surface area (Å²) in [6, 6.07) is 10.1. The lowest BCUT2D eigenvalue weighted by Gasteiger charge is -2.26. The molecule has 5 nitrogen and oxygen atoms in total. The van der Waals surface area contributed by atoms with Gasteiger partial charge in [0.15, 0.2) is 0 Å². The SMILES string of the molecule is Cc1nc(-c2ccccc2)sc1CNC(=O)N1CCOCC1. The van der Waals surface area contributed by atoms with Gasteiger partial charge in [-0.2, -0.15) is 0 Å². The monoisotopic (exact) mass is 317 g/mol. The van der Waals surface area contributed by atoms with E-state index in [2.05, 4.69) is 10.3 Å². The van der Waals surface area contributed by atoms with Gasteiger partial charge in [0.2, 0.25) is 0 Å². The third-order valence-corrected chi connectivity index (χ3v) is 4.82. The molecule has 22 heavy (non-hydrogen) atoms. The standard InChI is InChI=1S/C16H19N3O2S/c1-12-14(11-17-16(20)19-7-9-21-10-8-19)22-15(18-12)13-5-3-2-4-6-13/h2-6H,7-11H2,1H3,(H,17,20). The third-order valence-electron chi connectivity index (χ3n) is 3.61. The molecule has 0 saturated carbocycles. The number of nitrogens with zero attached hydrogens (tertiary/aromatic N) is 2. The number of carbonyl (C=O) groups excluding carboxylic acids is 1. The van der Waals surface area contributed by atoms with Crippen LogP contribution in [0.15, 0.2) is 30.3 Å². The topological polar surface area (TPSA) is 54.5 Å². The van der Waals surface area contributed by atoms with Gasteiger partial charge in [0.05, 0.1) is 25.5 Å². The van der Waals surface area contributed by atoms with E-state index in [4.69, 9.17) is 4.74 Å². The summed E-state index contributed by atoms with van der Waals surface area (Å²) in [6.07, 6.45) is 0. The van der Waals surface area contributed by atoms with Crippen LogP contribution in [0.2, 0.25) is 0 Å². The Morgan fingerprint density at radius 2 is 2.05 bits per heavy atom. The summed E-state index contributed by atoms with van der Waals surface area (Å²) in [6.45, 7) is 5.05. The lowest BCUT2D eigenvalue weighted by atomic mass is 10.2. The maximum absolute atomic E-state index is 12.1. The van der Waals surface area contributed by atoms with E-state index in [-0.39, 0.29) is 6.03 Å². The lowest BCUT2D eigenvalue weighted by Crippen LogP contribution is -2.45. The van der Waals surface area contributed by atoms with Crippen LogP contribution in [0.1, 0.15) is 10.6 Å². The average Bonchev–Trinajstić information content (AvgIpc) is 2.95. The average molecular weight is 317 g/mol. The Morgan fingerprint density at radius 3 is 2.77 bits per heavy atom. The Bertz CT molecular complexity index is 636. The van der Waals surface area contributed by atoms with Crippen molar-refractivity contribution < 1.29 is 9.53 Å². The molecule has 2 aromatic rings. The van der Waals surface area contributed by atoms with Crippen LogP contribution in [0.25, 0.3) is 10.6 Å². The highest BCUT2D eigenvalue weighted by Crippen LogP contribution is 2.27. The smallest absolute Gasteiger partial charge is 0.317 e. The fourth-order valence-electron chi connectivity index (χ4n) is 2.33. The minimum Gasteiger partial charge on any atom is -0.378 e. The molecule has 1 saturated heterocycles. The molecule has 6 heteroatoms. The largest absolute Gasteiger partial charge is 0.378 e. The van der Waals surface area contributed by atoms with Crippen molar-refractivity contribution in [3.63, 3.8) is 0 Å². The Kier molecular flexibility index (Phi) is 4.70. The minimum atomic E-state index is -0.0302. The Hall–Kier alpha value is -1.92. The van der Waals surface area contributed by atoms with Gasteiger partial charge in [-0.15, -0.1) is 11.3 Å². The van der Waals surface area contributed by atoms with Gasteiger partial charge in [0, 0.05) is 23.5 Å². The lowest BCUT2D eigenvalue weighted by molar-refractivity contribution is 0.0531. The second-order valence-corrected chi connectivity index (χ2v) is 6.24. The van der Waals surface area contributed by atoms with E-state index in [1.807, 2.05) is 37.3 Å². The molecule has 0 radical (unpaired) electrons. The third kappa shape index (κ3) is 3.45.